The molecule has 0 bridgehead atoms. The van der Waals surface area contributed by atoms with E-state index < -0.39 is 20.8 Å². The van der Waals surface area contributed by atoms with Crippen molar-refractivity contribution in [1.82, 2.24) is 0 Å². The van der Waals surface area contributed by atoms with Crippen molar-refractivity contribution < 1.29 is 20.8 Å². The number of fused-ring (bicyclic) bond motifs is 1. The van der Waals surface area contributed by atoms with Crippen LogP contribution in [0.15, 0.2) is 60.7 Å². The molecule has 0 nitrogen and oxygen atoms in total. The zero-order valence-electron chi connectivity index (χ0n) is 13.2. The molecular formula is C19H22Cl2Zr. The molecule has 3 heteroatoms. The molecule has 0 fully saturated rings. The Kier molecular flexibility index (Phi) is 10.8. The van der Waals surface area contributed by atoms with Gasteiger partial charge in [-0.3, -0.25) is 0 Å². The molecule has 3 aromatic rings. The average Bonchev–Trinajstić information content (AvgIpc) is 3.15. The van der Waals surface area contributed by atoms with Gasteiger partial charge in [0.05, 0.1) is 0 Å². The summed E-state index contributed by atoms with van der Waals surface area (Å²) in [6.45, 7) is 4.38. The third-order valence-corrected chi connectivity index (χ3v) is 3.34. The Bertz CT molecular complexity index is 595. The third kappa shape index (κ3) is 7.77. The predicted octanol–water partition coefficient (Wildman–Crippen LogP) is 6.99. The maximum atomic E-state index is 4.93. The molecule has 0 spiro atoms. The maximum absolute atomic E-state index is 4.93. The molecule has 3 aromatic carbocycles. The minimum atomic E-state index is -0.826. The van der Waals surface area contributed by atoms with E-state index in [-0.39, 0.29) is 0 Å². The third-order valence-electron chi connectivity index (χ3n) is 3.34. The number of hydrogen-bond donors (Lipinski definition) is 0. The van der Waals surface area contributed by atoms with Crippen LogP contribution in [0.25, 0.3) is 10.8 Å². The summed E-state index contributed by atoms with van der Waals surface area (Å²) < 4.78 is 0. The Morgan fingerprint density at radius 1 is 1.14 bits per heavy atom. The van der Waals surface area contributed by atoms with Gasteiger partial charge < -0.3 is 0 Å². The number of unbranched alkanes of at least 4 members (excludes halogenated alkanes) is 1. The van der Waals surface area contributed by atoms with E-state index in [0.717, 1.165) is 0 Å². The fraction of sp³-hybridized carbons (Fsp3) is 0.263. The normalized spacial score (nSPS) is 9.27. The summed E-state index contributed by atoms with van der Waals surface area (Å²) in [5, 5.41) is 2.66. The molecule has 0 radical (unpaired) electrons. The van der Waals surface area contributed by atoms with Gasteiger partial charge >= 0.3 is 37.9 Å². The van der Waals surface area contributed by atoms with E-state index in [0.29, 0.717) is 0 Å². The van der Waals surface area contributed by atoms with Gasteiger partial charge in [0.2, 0.25) is 0 Å². The van der Waals surface area contributed by atoms with E-state index in [4.69, 9.17) is 17.0 Å². The van der Waals surface area contributed by atoms with Gasteiger partial charge in [-0.05, 0) is 0 Å². The van der Waals surface area contributed by atoms with E-state index in [2.05, 4.69) is 74.5 Å². The molecule has 0 aliphatic rings. The number of rotatable bonds is 3. The first kappa shape index (κ1) is 19.7. The molecule has 0 saturated heterocycles. The number of hydrogen-bond acceptors (Lipinski definition) is 0. The van der Waals surface area contributed by atoms with Gasteiger partial charge in [-0.1, -0.05) is 39.2 Å². The van der Waals surface area contributed by atoms with Gasteiger partial charge in [0.1, 0.15) is 0 Å². The number of aryl methyl sites for hydroxylation is 2. The molecule has 0 aromatic heterocycles. The SMILES string of the molecule is CCCCc1cc[c-](C)c1.[Cl][Zr+2][Cl].c1ccc2[cH-]ccc2c1. The zero-order valence-corrected chi connectivity index (χ0v) is 17.1. The number of benzene rings is 1. The Labute approximate surface area is 152 Å². The van der Waals surface area contributed by atoms with Crippen LogP contribution >= 0.6 is 17.0 Å². The van der Waals surface area contributed by atoms with Crippen LogP contribution in [0.4, 0.5) is 0 Å². The van der Waals surface area contributed by atoms with Gasteiger partial charge in [-0.25, -0.2) is 6.07 Å². The smallest absolute Gasteiger partial charge is 0.0809 e. The fourth-order valence-corrected chi connectivity index (χ4v) is 2.23. The second-order valence-corrected chi connectivity index (χ2v) is 8.86. The summed E-state index contributed by atoms with van der Waals surface area (Å²) in [4.78, 5) is 0. The minimum absolute atomic E-state index is 0.826. The van der Waals surface area contributed by atoms with Crippen molar-refractivity contribution in [2.24, 2.45) is 0 Å². The first-order chi connectivity index (χ1) is 10.7. The minimum Gasteiger partial charge on any atom is -0.168 e. The van der Waals surface area contributed by atoms with Crippen LogP contribution in [-0.4, -0.2) is 0 Å². The van der Waals surface area contributed by atoms with Crippen LogP contribution in [0.3, 0.4) is 0 Å². The molecule has 22 heavy (non-hydrogen) atoms. The first-order valence-electron chi connectivity index (χ1n) is 7.50. The second kappa shape index (κ2) is 12.1. The van der Waals surface area contributed by atoms with Crippen molar-refractivity contribution in [3.8, 4) is 0 Å². The summed E-state index contributed by atoms with van der Waals surface area (Å²) in [6.07, 6.45) is 3.87. The first-order valence-corrected chi connectivity index (χ1v) is 13.8. The quantitative estimate of drug-likeness (QED) is 0.407. The van der Waals surface area contributed by atoms with Gasteiger partial charge in [0.15, 0.2) is 0 Å². The number of halogens is 2. The van der Waals surface area contributed by atoms with Gasteiger partial charge in [-0.2, -0.15) is 40.8 Å². The van der Waals surface area contributed by atoms with Crippen molar-refractivity contribution in [3.05, 3.63) is 71.8 Å². The molecule has 0 saturated carbocycles. The van der Waals surface area contributed by atoms with Crippen LogP contribution in [0, 0.1) is 6.92 Å². The Morgan fingerprint density at radius 3 is 2.45 bits per heavy atom. The van der Waals surface area contributed by atoms with Gasteiger partial charge in [0.25, 0.3) is 0 Å². The standard InChI is InChI=1S/C10H15.C9H7.2ClH.Zr/c1-3-4-5-10-7-6-9(2)8-10;1-2-5-9-7-3-6-8(9)4-1;;;/h6-8H,3-5H2,1-2H3;1-7H;2*1H;/q2*-1;;;+4/p-2. The molecule has 0 aliphatic heterocycles. The summed E-state index contributed by atoms with van der Waals surface area (Å²) in [7, 11) is 9.87. The van der Waals surface area contributed by atoms with E-state index in [1.807, 2.05) is 0 Å². The summed E-state index contributed by atoms with van der Waals surface area (Å²) in [5.41, 5.74) is 2.89. The Balaban J connectivity index is 0.000000188. The molecule has 116 valence electrons. The second-order valence-electron chi connectivity index (χ2n) is 5.13. The van der Waals surface area contributed by atoms with E-state index in [9.17, 15) is 0 Å². The zero-order chi connectivity index (χ0) is 16.2. The Morgan fingerprint density at radius 2 is 1.86 bits per heavy atom. The summed E-state index contributed by atoms with van der Waals surface area (Å²) >= 11 is -0.826. The molecule has 0 heterocycles. The molecular weight excluding hydrogens is 390 g/mol. The summed E-state index contributed by atoms with van der Waals surface area (Å²) in [5.74, 6) is 0. The molecule has 0 aliphatic carbocycles. The molecule has 0 atom stereocenters. The van der Waals surface area contributed by atoms with Crippen molar-refractivity contribution in [3.63, 3.8) is 0 Å². The largest absolute Gasteiger partial charge is 0.168 e. The van der Waals surface area contributed by atoms with Crippen LogP contribution < -0.4 is 0 Å². The van der Waals surface area contributed by atoms with Crippen LogP contribution in [0.2, 0.25) is 0 Å². The van der Waals surface area contributed by atoms with Crippen molar-refractivity contribution >= 4 is 27.8 Å². The Hall–Kier alpha value is -0.357. The fourth-order valence-electron chi connectivity index (χ4n) is 2.23. The topological polar surface area (TPSA) is 0 Å². The van der Waals surface area contributed by atoms with Crippen molar-refractivity contribution in [2.75, 3.05) is 0 Å². The average molecular weight is 413 g/mol. The van der Waals surface area contributed by atoms with Gasteiger partial charge in [0, 0.05) is 0 Å². The molecule has 0 unspecified atom stereocenters. The van der Waals surface area contributed by atoms with E-state index >= 15 is 0 Å². The molecule has 0 N–H and O–H groups in total. The van der Waals surface area contributed by atoms with Crippen molar-refractivity contribution in [1.29, 1.82) is 0 Å². The summed E-state index contributed by atoms with van der Waals surface area (Å²) in [6, 6.07) is 21.4. The van der Waals surface area contributed by atoms with E-state index in [1.54, 1.807) is 0 Å². The van der Waals surface area contributed by atoms with Crippen LogP contribution in [0.1, 0.15) is 30.9 Å². The monoisotopic (exact) mass is 410 g/mol. The maximum Gasteiger partial charge on any atom is -0.0809 e. The van der Waals surface area contributed by atoms with Crippen molar-refractivity contribution in [2.45, 2.75) is 33.1 Å². The van der Waals surface area contributed by atoms with Crippen LogP contribution in [-0.2, 0) is 27.3 Å². The molecule has 3 rings (SSSR count). The van der Waals surface area contributed by atoms with Gasteiger partial charge in [-0.15, -0.1) is 29.7 Å². The molecule has 0 amide bonds. The predicted molar refractivity (Wildman–Crippen MR) is 96.6 cm³/mol. The van der Waals surface area contributed by atoms with Crippen LogP contribution in [0.5, 0.6) is 0 Å². The van der Waals surface area contributed by atoms with E-state index in [1.165, 1.54) is 41.2 Å².